The summed E-state index contributed by atoms with van der Waals surface area (Å²) in [5.41, 5.74) is 2.76. The minimum absolute atomic E-state index is 0.0864. The van der Waals surface area contributed by atoms with Crippen LogP contribution >= 0.6 is 0 Å². The van der Waals surface area contributed by atoms with Gasteiger partial charge in [0.1, 0.15) is 5.78 Å². The summed E-state index contributed by atoms with van der Waals surface area (Å²) in [5.74, 6) is -0.424. The topological polar surface area (TPSA) is 80.7 Å². The number of aryl methyl sites for hydroxylation is 1. The van der Waals surface area contributed by atoms with E-state index in [1.165, 1.54) is 7.11 Å². The summed E-state index contributed by atoms with van der Waals surface area (Å²) in [4.78, 5) is 35.3. The molecular formula is C22H26O5. The maximum absolute atomic E-state index is 12.4. The van der Waals surface area contributed by atoms with Gasteiger partial charge in [-0.1, -0.05) is 30.4 Å². The van der Waals surface area contributed by atoms with Crippen LogP contribution in [0.25, 0.3) is 0 Å². The fourth-order valence-electron chi connectivity index (χ4n) is 4.20. The van der Waals surface area contributed by atoms with Gasteiger partial charge in [-0.05, 0) is 36.8 Å². The molecule has 0 aromatic heterocycles. The summed E-state index contributed by atoms with van der Waals surface area (Å²) in [7, 11) is 1.38. The maximum Gasteiger partial charge on any atom is 0.305 e. The molecule has 3 atom stereocenters. The molecule has 0 bridgehead atoms. The lowest BCUT2D eigenvalue weighted by Gasteiger charge is -2.21. The molecule has 1 aromatic rings. The number of allylic oxidation sites excluding steroid dienone is 2. The average molecular weight is 370 g/mol. The Morgan fingerprint density at radius 3 is 2.85 bits per heavy atom. The van der Waals surface area contributed by atoms with Crippen molar-refractivity contribution >= 4 is 17.5 Å². The molecule has 1 saturated carbocycles. The molecule has 1 fully saturated rings. The Bertz CT molecular complexity index is 764. The first-order valence-corrected chi connectivity index (χ1v) is 9.60. The number of hydrogen-bond donors (Lipinski definition) is 1. The van der Waals surface area contributed by atoms with E-state index in [1.54, 1.807) is 0 Å². The number of esters is 1. The number of Topliss-reactive ketones (excluding diaryl/α,β-unsaturated/α-hetero) is 2. The number of aliphatic hydroxyl groups is 1. The van der Waals surface area contributed by atoms with E-state index in [9.17, 15) is 19.5 Å². The van der Waals surface area contributed by atoms with Crippen LogP contribution in [-0.4, -0.2) is 35.9 Å². The molecule has 0 saturated heterocycles. The van der Waals surface area contributed by atoms with Crippen molar-refractivity contribution in [2.45, 2.75) is 57.0 Å². The van der Waals surface area contributed by atoms with E-state index in [0.717, 1.165) is 29.5 Å². The van der Waals surface area contributed by atoms with Crippen molar-refractivity contribution in [3.05, 3.63) is 47.0 Å². The minimum Gasteiger partial charge on any atom is -0.469 e. The van der Waals surface area contributed by atoms with Crippen LogP contribution in [0.3, 0.4) is 0 Å². The molecule has 5 heteroatoms. The van der Waals surface area contributed by atoms with Gasteiger partial charge in [0.25, 0.3) is 0 Å². The molecule has 0 unspecified atom stereocenters. The number of benzene rings is 1. The molecular weight excluding hydrogens is 344 g/mol. The van der Waals surface area contributed by atoms with Crippen molar-refractivity contribution in [3.63, 3.8) is 0 Å². The molecule has 0 amide bonds. The lowest BCUT2D eigenvalue weighted by Crippen LogP contribution is -2.18. The number of methoxy groups -OCH3 is 1. The number of ether oxygens (including phenoxy) is 1. The SMILES string of the molecule is COC(=O)CCCC=CC[C@H]1C(=O)C[C@@H](O)[C@@H]1c1ccc2c(c1)CCC2=O. The van der Waals surface area contributed by atoms with Crippen molar-refractivity contribution in [1.82, 2.24) is 0 Å². The number of carbonyl (C=O) groups is 3. The zero-order valence-electron chi connectivity index (χ0n) is 15.6. The minimum atomic E-state index is -0.676. The van der Waals surface area contributed by atoms with E-state index < -0.39 is 6.10 Å². The third-order valence-corrected chi connectivity index (χ3v) is 5.64. The van der Waals surface area contributed by atoms with E-state index in [4.69, 9.17) is 0 Å². The zero-order chi connectivity index (χ0) is 19.4. The number of unbranched alkanes of at least 4 members (excludes halogenated alkanes) is 1. The molecule has 0 aliphatic heterocycles. The second-order valence-corrected chi connectivity index (χ2v) is 7.39. The van der Waals surface area contributed by atoms with Gasteiger partial charge in [-0.3, -0.25) is 14.4 Å². The Balaban J connectivity index is 1.64. The van der Waals surface area contributed by atoms with E-state index >= 15 is 0 Å². The van der Waals surface area contributed by atoms with Gasteiger partial charge in [-0.15, -0.1) is 0 Å². The highest BCUT2D eigenvalue weighted by Gasteiger charge is 2.42. The van der Waals surface area contributed by atoms with E-state index in [-0.39, 0.29) is 35.8 Å². The van der Waals surface area contributed by atoms with Crippen LogP contribution in [0.1, 0.15) is 65.9 Å². The highest BCUT2D eigenvalue weighted by molar-refractivity contribution is 6.00. The predicted molar refractivity (Wildman–Crippen MR) is 101 cm³/mol. The molecule has 2 aliphatic carbocycles. The Hall–Kier alpha value is -2.27. The zero-order valence-corrected chi connectivity index (χ0v) is 15.6. The molecule has 2 aliphatic rings. The third-order valence-electron chi connectivity index (χ3n) is 5.64. The van der Waals surface area contributed by atoms with Gasteiger partial charge in [-0.2, -0.15) is 0 Å². The van der Waals surface area contributed by atoms with E-state index in [2.05, 4.69) is 4.74 Å². The van der Waals surface area contributed by atoms with E-state index in [0.29, 0.717) is 25.7 Å². The molecule has 0 radical (unpaired) electrons. The normalized spacial score (nSPS) is 24.6. The van der Waals surface area contributed by atoms with Gasteiger partial charge < -0.3 is 9.84 Å². The first-order valence-electron chi connectivity index (χ1n) is 9.60. The maximum atomic E-state index is 12.4. The predicted octanol–water partition coefficient (Wildman–Crippen LogP) is 3.14. The van der Waals surface area contributed by atoms with Crippen LogP contribution in [0.15, 0.2) is 30.4 Å². The standard InChI is InChI=1S/C22H26O5/c1-27-21(26)7-5-3-2-4-6-17-19(24)13-20(25)22(17)15-8-10-16-14(12-15)9-11-18(16)23/h2,4,8,10,12,17,20,22,25H,3,5-7,9,11,13H2,1H3/t17-,20+,22+/m0/s1. The molecule has 0 spiro atoms. The lowest BCUT2D eigenvalue weighted by molar-refractivity contribution is -0.140. The second kappa shape index (κ2) is 8.61. The summed E-state index contributed by atoms with van der Waals surface area (Å²) in [5, 5.41) is 10.4. The van der Waals surface area contributed by atoms with Crippen LogP contribution in [0.4, 0.5) is 0 Å². The summed E-state index contributed by atoms with van der Waals surface area (Å²) < 4.78 is 4.61. The van der Waals surface area contributed by atoms with Gasteiger partial charge >= 0.3 is 5.97 Å². The van der Waals surface area contributed by atoms with Crippen molar-refractivity contribution in [2.24, 2.45) is 5.92 Å². The van der Waals surface area contributed by atoms with Crippen molar-refractivity contribution in [1.29, 1.82) is 0 Å². The van der Waals surface area contributed by atoms with Crippen LogP contribution in [0.2, 0.25) is 0 Å². The molecule has 1 aromatic carbocycles. The summed E-state index contributed by atoms with van der Waals surface area (Å²) >= 11 is 0. The fraction of sp³-hybridized carbons (Fsp3) is 0.500. The summed E-state index contributed by atoms with van der Waals surface area (Å²) in [6, 6.07) is 5.73. The highest BCUT2D eigenvalue weighted by atomic mass is 16.5. The first kappa shape index (κ1) is 19.5. The smallest absolute Gasteiger partial charge is 0.305 e. The number of aliphatic hydroxyl groups excluding tert-OH is 1. The number of rotatable bonds is 7. The van der Waals surface area contributed by atoms with E-state index in [1.807, 2.05) is 30.4 Å². The number of carbonyl (C=O) groups excluding carboxylic acids is 3. The van der Waals surface area contributed by atoms with Gasteiger partial charge in [0, 0.05) is 36.7 Å². The average Bonchev–Trinajstić information content (AvgIpc) is 3.16. The summed E-state index contributed by atoms with van der Waals surface area (Å²) in [6.07, 6.45) is 7.18. The third kappa shape index (κ3) is 4.35. The lowest BCUT2D eigenvalue weighted by atomic mass is 9.84. The highest BCUT2D eigenvalue weighted by Crippen LogP contribution is 2.41. The van der Waals surface area contributed by atoms with Gasteiger partial charge in [-0.25, -0.2) is 0 Å². The van der Waals surface area contributed by atoms with Crippen LogP contribution < -0.4 is 0 Å². The Labute approximate surface area is 159 Å². The van der Waals surface area contributed by atoms with Crippen LogP contribution in [-0.2, 0) is 20.7 Å². The van der Waals surface area contributed by atoms with Crippen molar-refractivity contribution < 1.29 is 24.2 Å². The first-order chi connectivity index (χ1) is 13.0. The number of ketones is 2. The Morgan fingerprint density at radius 1 is 1.26 bits per heavy atom. The number of hydrogen-bond acceptors (Lipinski definition) is 5. The summed E-state index contributed by atoms with van der Waals surface area (Å²) in [6.45, 7) is 0. The van der Waals surface area contributed by atoms with Gasteiger partial charge in [0.15, 0.2) is 5.78 Å². The molecule has 0 heterocycles. The van der Waals surface area contributed by atoms with Gasteiger partial charge in [0.05, 0.1) is 13.2 Å². The van der Waals surface area contributed by atoms with Crippen LogP contribution in [0, 0.1) is 5.92 Å². The largest absolute Gasteiger partial charge is 0.469 e. The van der Waals surface area contributed by atoms with Gasteiger partial charge in [0.2, 0.25) is 0 Å². The molecule has 144 valence electrons. The molecule has 3 rings (SSSR count). The number of fused-ring (bicyclic) bond motifs is 1. The van der Waals surface area contributed by atoms with Crippen molar-refractivity contribution in [3.8, 4) is 0 Å². The monoisotopic (exact) mass is 370 g/mol. The Kier molecular flexibility index (Phi) is 6.22. The fourth-order valence-corrected chi connectivity index (χ4v) is 4.20. The van der Waals surface area contributed by atoms with Crippen molar-refractivity contribution in [2.75, 3.05) is 7.11 Å². The quantitative estimate of drug-likeness (QED) is 0.453. The molecule has 5 nitrogen and oxygen atoms in total. The van der Waals surface area contributed by atoms with Crippen LogP contribution in [0.5, 0.6) is 0 Å². The Morgan fingerprint density at radius 2 is 2.07 bits per heavy atom. The molecule has 1 N–H and O–H groups in total. The second-order valence-electron chi connectivity index (χ2n) is 7.39. The molecule has 27 heavy (non-hydrogen) atoms.